The van der Waals surface area contributed by atoms with Gasteiger partial charge >= 0.3 is 79.0 Å². The lowest BCUT2D eigenvalue weighted by molar-refractivity contribution is -0.219. The van der Waals surface area contributed by atoms with E-state index in [9.17, 15) is 66.8 Å². The molecule has 0 bridgehead atoms. The number of ether oxygens (including phenoxy) is 8. The number of aliphatic hydroxyl groups is 2. The highest BCUT2D eigenvalue weighted by Gasteiger charge is 2.61. The fourth-order valence-corrected chi connectivity index (χ4v) is 9.10. The van der Waals surface area contributed by atoms with Gasteiger partial charge in [0, 0.05) is 51.4 Å². The van der Waals surface area contributed by atoms with Gasteiger partial charge < -0.3 is 48.1 Å². The van der Waals surface area contributed by atoms with Gasteiger partial charge in [-0.25, -0.2) is 54.5 Å². The molecule has 0 amide bonds. The monoisotopic (exact) mass is 1190 g/mol. The van der Waals surface area contributed by atoms with Crippen molar-refractivity contribution in [3.05, 3.63) is 0 Å². The Morgan fingerprint density at radius 2 is 0.408 bits per heavy atom. The van der Waals surface area contributed by atoms with E-state index in [-0.39, 0.29) is 51.4 Å². The van der Waals surface area contributed by atoms with Gasteiger partial charge in [-0.1, -0.05) is 55.4 Å². The fourth-order valence-electron chi connectivity index (χ4n) is 4.69. The molecule has 1 saturated carbocycles. The van der Waals surface area contributed by atoms with Gasteiger partial charge in [-0.3, -0.25) is 56.5 Å². The van der Waals surface area contributed by atoms with Crippen molar-refractivity contribution in [3.8, 4) is 0 Å². The predicted molar refractivity (Wildman–Crippen MR) is 241 cm³/mol. The van der Waals surface area contributed by atoms with Crippen molar-refractivity contribution in [2.75, 3.05) is 54.3 Å². The first-order valence-electron chi connectivity index (χ1n) is 22.8. The minimum absolute atomic E-state index is 0.289. The molecule has 0 saturated heterocycles. The van der Waals surface area contributed by atoms with Gasteiger partial charge in [-0.05, 0) is 0 Å². The lowest BCUT2D eigenvalue weighted by Crippen LogP contribution is -2.65. The Balaban J connectivity index is 4.55. The molecule has 1 aliphatic carbocycles. The number of carbonyl (C=O) groups is 8. The molecule has 0 spiro atoms. The minimum Gasteiger partial charge on any atom is -0.438 e. The summed E-state index contributed by atoms with van der Waals surface area (Å²) in [7, 11) is -23.0. The second kappa shape index (κ2) is 36.3. The van der Waals surface area contributed by atoms with Crippen LogP contribution in [-0.2, 0) is 149 Å². The number of aliphatic hydroxyl groups excluding tert-OH is 2. The largest absolute Gasteiger partial charge is 0.481 e. The van der Waals surface area contributed by atoms with Crippen LogP contribution in [0.4, 0.5) is 0 Å². The Bertz CT molecular complexity index is 1820. The number of hydrogen-bond acceptors (Lipinski definition) is 34. The third-order valence-electron chi connectivity index (χ3n) is 8.75. The maximum atomic E-state index is 14.8. The van der Waals surface area contributed by atoms with Gasteiger partial charge in [0.25, 0.3) is 0 Å². The number of phosphoric acid groups is 4. The fraction of sp³-hybridized carbons (Fsp3) is 0.789. The Labute approximate surface area is 435 Å². The number of phosphoric ester groups is 4. The molecule has 1 rings (SSSR count). The quantitative estimate of drug-likeness (QED) is 0.0377. The Morgan fingerprint density at radius 3 is 0.539 bits per heavy atom. The van der Waals surface area contributed by atoms with Crippen molar-refractivity contribution in [2.24, 2.45) is 0 Å². The van der Waals surface area contributed by atoms with E-state index >= 15 is 0 Å². The zero-order valence-corrected chi connectivity index (χ0v) is 46.1. The van der Waals surface area contributed by atoms with Crippen molar-refractivity contribution >= 4 is 79.0 Å². The molecule has 0 aromatic rings. The van der Waals surface area contributed by atoms with Crippen LogP contribution in [0.1, 0.15) is 107 Å². The van der Waals surface area contributed by atoms with Gasteiger partial charge in [-0.2, -0.15) is 0 Å². The SMILES string of the molecule is CCC(=O)OCOP(=O)(OCOC(=O)CC)OC1C(O)C(O)C(OP(=O)(OCOC(=O)CC)OCOC(=O)CC)C(OP(=O)(OCOC(=O)CC)OCOC(=O)CC)C1OP(=O)(OCOC(=O)CC)OCOC(=O)CC. The topological polar surface area (TPSA) is 430 Å². The maximum absolute atomic E-state index is 14.8. The highest BCUT2D eigenvalue weighted by Crippen LogP contribution is 2.61. The average molecular weight is 1190 g/mol. The van der Waals surface area contributed by atoms with Crippen LogP contribution < -0.4 is 0 Å². The van der Waals surface area contributed by atoms with E-state index in [1.807, 2.05) is 0 Å². The van der Waals surface area contributed by atoms with Crippen molar-refractivity contribution in [3.63, 3.8) is 0 Å². The van der Waals surface area contributed by atoms with E-state index in [1.54, 1.807) is 0 Å². The summed E-state index contributed by atoms with van der Waals surface area (Å²) < 4.78 is 161. The number of esters is 8. The molecule has 0 radical (unpaired) electrons. The zero-order valence-electron chi connectivity index (χ0n) is 42.5. The highest BCUT2D eigenvalue weighted by molar-refractivity contribution is 7.49. The maximum Gasteiger partial charge on any atom is 0.481 e. The lowest BCUT2D eigenvalue weighted by atomic mass is 9.85. The molecular weight excluding hydrogens is 1120 g/mol. The van der Waals surface area contributed by atoms with Crippen molar-refractivity contribution in [2.45, 2.75) is 143 Å². The first-order valence-corrected chi connectivity index (χ1v) is 28.6. The Kier molecular flexibility index (Phi) is 33.5. The van der Waals surface area contributed by atoms with Crippen LogP contribution >= 0.6 is 31.3 Å². The molecule has 6 unspecified atom stereocenters. The normalized spacial score (nSPS) is 18.9. The van der Waals surface area contributed by atoms with Crippen molar-refractivity contribution in [1.82, 2.24) is 0 Å². The van der Waals surface area contributed by atoms with Gasteiger partial charge in [-0.15, -0.1) is 0 Å². The summed E-state index contributed by atoms with van der Waals surface area (Å²) in [6, 6.07) is 0. The standard InChI is InChI=1S/C38H64O34P4/c1-9-25(39)53-17-61-73(49,62-18-54-26(40)10-2)69-35-33(47)34(48)36(70-74(50,63-19-55-27(41)11-3)64-20-56-28(42)12-4)38(72-76(52,67-23-59-31(45)15-7)68-24-60-32(46)16-8)37(35)71-75(51,65-21-57-29(43)13-5)66-22-58-30(44)14-6/h33-38,47-48H,9-24H2,1-8H3. The molecule has 2 N–H and O–H groups in total. The molecule has 440 valence electrons. The summed E-state index contributed by atoms with van der Waals surface area (Å²) in [5.74, 6) is -7.97. The molecule has 0 aromatic carbocycles. The van der Waals surface area contributed by atoms with E-state index in [2.05, 4.69) is 0 Å². The predicted octanol–water partition coefficient (Wildman–Crippen LogP) is 4.11. The Morgan fingerprint density at radius 1 is 0.276 bits per heavy atom. The third kappa shape index (κ3) is 26.6. The molecule has 6 atom stereocenters. The molecular formula is C38H64O34P4. The Hall–Kier alpha value is -3.88. The summed E-state index contributed by atoms with van der Waals surface area (Å²) in [6.07, 6.45) is -19.8. The first-order chi connectivity index (χ1) is 35.8. The van der Waals surface area contributed by atoms with E-state index in [1.165, 1.54) is 55.4 Å². The smallest absolute Gasteiger partial charge is 0.438 e. The lowest BCUT2D eigenvalue weighted by Gasteiger charge is -2.47. The second-order valence-electron chi connectivity index (χ2n) is 14.0. The van der Waals surface area contributed by atoms with Gasteiger partial charge in [0.2, 0.25) is 54.3 Å². The first kappa shape index (κ1) is 70.1. The van der Waals surface area contributed by atoms with Crippen LogP contribution in [0.5, 0.6) is 0 Å². The number of hydrogen-bond donors (Lipinski definition) is 2. The zero-order chi connectivity index (χ0) is 57.5. The second-order valence-corrected chi connectivity index (χ2v) is 20.5. The highest BCUT2D eigenvalue weighted by atomic mass is 31.2. The summed E-state index contributed by atoms with van der Waals surface area (Å²) >= 11 is 0. The molecule has 38 heteroatoms. The molecule has 1 aliphatic rings. The molecule has 76 heavy (non-hydrogen) atoms. The third-order valence-corrected chi connectivity index (χ3v) is 14.1. The van der Waals surface area contributed by atoms with Gasteiger partial charge in [0.1, 0.15) is 36.6 Å². The van der Waals surface area contributed by atoms with E-state index in [0.717, 1.165) is 0 Å². The van der Waals surface area contributed by atoms with Crippen LogP contribution in [0.3, 0.4) is 0 Å². The summed E-state index contributed by atoms with van der Waals surface area (Å²) in [6.45, 7) is -0.0708. The van der Waals surface area contributed by atoms with E-state index < -0.39 is 170 Å². The van der Waals surface area contributed by atoms with E-state index in [4.69, 9.17) is 92.2 Å². The number of rotatable bonds is 40. The van der Waals surface area contributed by atoms with Crippen molar-refractivity contribution in [1.29, 1.82) is 0 Å². The van der Waals surface area contributed by atoms with Crippen LogP contribution in [0.25, 0.3) is 0 Å². The molecule has 0 heterocycles. The summed E-state index contributed by atoms with van der Waals surface area (Å²) in [4.78, 5) is 96.8. The van der Waals surface area contributed by atoms with Crippen molar-refractivity contribution < 1.29 is 159 Å². The van der Waals surface area contributed by atoms with Gasteiger partial charge in [0.15, 0.2) is 0 Å². The minimum atomic E-state index is -5.80. The summed E-state index contributed by atoms with van der Waals surface area (Å²) in [5.41, 5.74) is 0. The molecule has 34 nitrogen and oxygen atoms in total. The van der Waals surface area contributed by atoms with Crippen LogP contribution in [0, 0.1) is 0 Å². The van der Waals surface area contributed by atoms with Crippen LogP contribution in [0.2, 0.25) is 0 Å². The molecule has 0 aromatic heterocycles. The average Bonchev–Trinajstić information content (AvgIpc) is 3.39. The molecule has 1 fully saturated rings. The molecule has 0 aliphatic heterocycles. The van der Waals surface area contributed by atoms with Gasteiger partial charge in [0.05, 0.1) is 0 Å². The van der Waals surface area contributed by atoms with E-state index in [0.29, 0.717) is 0 Å². The number of carbonyl (C=O) groups excluding carboxylic acids is 8. The summed E-state index contributed by atoms with van der Waals surface area (Å²) in [5, 5.41) is 24.0. The van der Waals surface area contributed by atoms with Crippen LogP contribution in [0.15, 0.2) is 0 Å². The van der Waals surface area contributed by atoms with Crippen LogP contribution in [-0.4, -0.2) is 149 Å².